The first-order chi connectivity index (χ1) is 13.0. The molecular weight excluding hydrogens is 528 g/mol. The summed E-state index contributed by atoms with van der Waals surface area (Å²) in [6, 6.07) is 13.7. The van der Waals surface area contributed by atoms with Crippen molar-refractivity contribution >= 4 is 50.7 Å². The maximum Gasteiger partial charge on any atom is 0.270 e. The highest BCUT2D eigenvalue weighted by molar-refractivity contribution is 14.1. The Morgan fingerprint density at radius 3 is 2.78 bits per heavy atom. The summed E-state index contributed by atoms with van der Waals surface area (Å²) in [5.41, 5.74) is 3.02. The van der Waals surface area contributed by atoms with Crippen LogP contribution in [-0.4, -0.2) is 16.2 Å². The fourth-order valence-electron chi connectivity index (χ4n) is 2.23. The van der Waals surface area contributed by atoms with Gasteiger partial charge in [-0.2, -0.15) is 10.4 Å². The first-order valence-corrected chi connectivity index (χ1v) is 9.40. The van der Waals surface area contributed by atoms with Crippen molar-refractivity contribution in [1.29, 1.82) is 5.26 Å². The lowest BCUT2D eigenvalue weighted by molar-refractivity contribution is 0.624. The molecule has 0 fully saturated rings. The Morgan fingerprint density at radius 1 is 1.33 bits per heavy atom. The Bertz CT molecular complexity index is 1130. The van der Waals surface area contributed by atoms with Gasteiger partial charge in [0.25, 0.3) is 5.56 Å². The SMILES string of the molecule is N#Cc1c(-c2ccccc2)nc(NN=Cc2cc(I)c(Br)cc2F)[nH]c1=O. The molecule has 2 N–H and O–H groups in total. The molecule has 0 amide bonds. The van der Waals surface area contributed by atoms with E-state index in [4.69, 9.17) is 0 Å². The normalized spacial score (nSPS) is 10.7. The van der Waals surface area contributed by atoms with E-state index in [-0.39, 0.29) is 22.8 Å². The van der Waals surface area contributed by atoms with Gasteiger partial charge < -0.3 is 0 Å². The van der Waals surface area contributed by atoms with Gasteiger partial charge in [-0.15, -0.1) is 0 Å². The van der Waals surface area contributed by atoms with Gasteiger partial charge in [-0.25, -0.2) is 14.8 Å². The quantitative estimate of drug-likeness (QED) is 0.225. The standard InChI is InChI=1S/C18H10BrFIN5O/c19-13-7-14(20)11(6-15(13)21)9-23-26-18-24-16(10-4-2-1-3-5-10)12(8-22)17(27)25-18/h1-7,9H,(H2,24,25,26,27). The minimum atomic E-state index is -0.589. The summed E-state index contributed by atoms with van der Waals surface area (Å²) in [7, 11) is 0. The predicted molar refractivity (Wildman–Crippen MR) is 113 cm³/mol. The number of hydrazone groups is 1. The topological polar surface area (TPSA) is 93.9 Å². The number of hydrogen-bond acceptors (Lipinski definition) is 5. The van der Waals surface area contributed by atoms with Gasteiger partial charge in [-0.05, 0) is 50.7 Å². The van der Waals surface area contributed by atoms with Gasteiger partial charge >= 0.3 is 0 Å². The smallest absolute Gasteiger partial charge is 0.270 e. The molecule has 0 spiro atoms. The molecule has 1 heterocycles. The average molecular weight is 538 g/mol. The molecule has 3 rings (SSSR count). The fourth-order valence-corrected chi connectivity index (χ4v) is 3.04. The van der Waals surface area contributed by atoms with Gasteiger partial charge in [0.05, 0.1) is 11.9 Å². The van der Waals surface area contributed by atoms with Gasteiger partial charge in [-0.3, -0.25) is 9.78 Å². The lowest BCUT2D eigenvalue weighted by atomic mass is 10.1. The van der Waals surface area contributed by atoms with Crippen molar-refractivity contribution in [2.45, 2.75) is 0 Å². The van der Waals surface area contributed by atoms with Crippen molar-refractivity contribution in [3.05, 3.63) is 77.8 Å². The second-order valence-electron chi connectivity index (χ2n) is 5.27. The number of nitriles is 1. The molecule has 0 bridgehead atoms. The van der Waals surface area contributed by atoms with Crippen molar-refractivity contribution in [1.82, 2.24) is 9.97 Å². The van der Waals surface area contributed by atoms with E-state index < -0.39 is 11.4 Å². The predicted octanol–water partition coefficient (Wildman–Crippen LogP) is 4.26. The number of aromatic amines is 1. The molecule has 0 aliphatic heterocycles. The van der Waals surface area contributed by atoms with Crippen LogP contribution in [-0.2, 0) is 0 Å². The summed E-state index contributed by atoms with van der Waals surface area (Å²) in [6.45, 7) is 0. The van der Waals surface area contributed by atoms with Gasteiger partial charge in [0.15, 0.2) is 0 Å². The number of H-pyrrole nitrogens is 1. The average Bonchev–Trinajstić information content (AvgIpc) is 2.66. The molecule has 134 valence electrons. The van der Waals surface area contributed by atoms with Crippen LogP contribution in [0, 0.1) is 20.7 Å². The molecule has 1 aromatic heterocycles. The number of halogens is 3. The van der Waals surface area contributed by atoms with E-state index in [1.54, 1.807) is 30.3 Å². The molecule has 0 unspecified atom stereocenters. The third kappa shape index (κ3) is 4.40. The molecule has 0 atom stereocenters. The molecule has 0 saturated carbocycles. The molecule has 6 nitrogen and oxygen atoms in total. The zero-order valence-corrected chi connectivity index (χ0v) is 17.2. The highest BCUT2D eigenvalue weighted by atomic mass is 127. The Labute approximate surface area is 175 Å². The number of hydrogen-bond donors (Lipinski definition) is 2. The van der Waals surface area contributed by atoms with E-state index >= 15 is 0 Å². The largest absolute Gasteiger partial charge is 0.290 e. The Morgan fingerprint density at radius 2 is 2.07 bits per heavy atom. The van der Waals surface area contributed by atoms with Gasteiger partial charge in [-0.1, -0.05) is 30.3 Å². The number of nitrogens with zero attached hydrogens (tertiary/aromatic N) is 3. The second-order valence-corrected chi connectivity index (χ2v) is 7.29. The van der Waals surface area contributed by atoms with Gasteiger partial charge in [0.1, 0.15) is 17.4 Å². The first-order valence-electron chi connectivity index (χ1n) is 7.53. The molecule has 0 radical (unpaired) electrons. The maximum atomic E-state index is 13.9. The van der Waals surface area contributed by atoms with Crippen LogP contribution in [0.4, 0.5) is 10.3 Å². The van der Waals surface area contributed by atoms with E-state index in [2.05, 4.69) is 59.0 Å². The van der Waals surface area contributed by atoms with Crippen LogP contribution in [0.2, 0.25) is 0 Å². The number of aromatic nitrogens is 2. The highest BCUT2D eigenvalue weighted by Crippen LogP contribution is 2.22. The van der Waals surface area contributed by atoms with Crippen LogP contribution in [0.5, 0.6) is 0 Å². The van der Waals surface area contributed by atoms with Crippen molar-refractivity contribution in [2.24, 2.45) is 5.10 Å². The number of benzene rings is 2. The number of anilines is 1. The highest BCUT2D eigenvalue weighted by Gasteiger charge is 2.13. The third-order valence-corrected chi connectivity index (χ3v) is 5.78. The zero-order chi connectivity index (χ0) is 19.4. The minimum Gasteiger partial charge on any atom is -0.290 e. The van der Waals surface area contributed by atoms with E-state index in [1.807, 2.05) is 12.1 Å². The summed E-state index contributed by atoms with van der Waals surface area (Å²) in [6.07, 6.45) is 1.28. The minimum absolute atomic E-state index is 0.0429. The Balaban J connectivity index is 1.93. The molecule has 27 heavy (non-hydrogen) atoms. The summed E-state index contributed by atoms with van der Waals surface area (Å²) in [5, 5.41) is 13.2. The Kier molecular flexibility index (Phi) is 5.98. The van der Waals surface area contributed by atoms with E-state index in [0.29, 0.717) is 10.0 Å². The zero-order valence-electron chi connectivity index (χ0n) is 13.5. The molecule has 0 aliphatic rings. The fraction of sp³-hybridized carbons (Fsp3) is 0. The molecule has 0 aliphatic carbocycles. The summed E-state index contributed by atoms with van der Waals surface area (Å²) >= 11 is 5.32. The van der Waals surface area contributed by atoms with Crippen molar-refractivity contribution in [3.63, 3.8) is 0 Å². The number of nitrogens with one attached hydrogen (secondary N) is 2. The molecule has 3 aromatic rings. The van der Waals surface area contributed by atoms with Gasteiger partial charge in [0, 0.05) is 19.2 Å². The monoisotopic (exact) mass is 537 g/mol. The van der Waals surface area contributed by atoms with Crippen molar-refractivity contribution in [3.8, 4) is 17.3 Å². The van der Waals surface area contributed by atoms with Crippen molar-refractivity contribution in [2.75, 3.05) is 5.43 Å². The summed E-state index contributed by atoms with van der Waals surface area (Å²) < 4.78 is 15.4. The van der Waals surface area contributed by atoms with Crippen molar-refractivity contribution < 1.29 is 4.39 Å². The lowest BCUT2D eigenvalue weighted by Crippen LogP contribution is -2.16. The number of rotatable bonds is 4. The van der Waals surface area contributed by atoms with Crippen LogP contribution in [0.3, 0.4) is 0 Å². The van der Waals surface area contributed by atoms with Crippen LogP contribution in [0.1, 0.15) is 11.1 Å². The van der Waals surface area contributed by atoms with Crippen LogP contribution in [0.15, 0.2) is 56.8 Å². The summed E-state index contributed by atoms with van der Waals surface area (Å²) in [4.78, 5) is 18.9. The molecule has 2 aromatic carbocycles. The molecule has 9 heteroatoms. The summed E-state index contributed by atoms with van der Waals surface area (Å²) in [5.74, 6) is -0.402. The van der Waals surface area contributed by atoms with E-state index in [0.717, 1.165) is 3.57 Å². The van der Waals surface area contributed by atoms with Crippen LogP contribution >= 0.6 is 38.5 Å². The Hall–Kier alpha value is -2.58. The second kappa shape index (κ2) is 8.41. The molecule has 0 saturated heterocycles. The van der Waals surface area contributed by atoms with E-state index in [1.165, 1.54) is 12.3 Å². The maximum absolute atomic E-state index is 13.9. The third-order valence-electron chi connectivity index (χ3n) is 3.49. The molecular formula is C18H10BrFIN5O. The first kappa shape index (κ1) is 19.2. The van der Waals surface area contributed by atoms with Gasteiger partial charge in [0.2, 0.25) is 5.95 Å². The van der Waals surface area contributed by atoms with E-state index in [9.17, 15) is 14.4 Å². The lowest BCUT2D eigenvalue weighted by Gasteiger charge is -2.06. The van der Waals surface area contributed by atoms with Crippen LogP contribution < -0.4 is 11.0 Å². The van der Waals surface area contributed by atoms with Crippen LogP contribution in [0.25, 0.3) is 11.3 Å².